The minimum atomic E-state index is 0.634. The molecule has 0 aromatic rings. The highest BCUT2D eigenvalue weighted by Crippen LogP contribution is 2.26. The van der Waals surface area contributed by atoms with Crippen LogP contribution in [0.1, 0.15) is 26.7 Å². The molecule has 0 bridgehead atoms. The first-order chi connectivity index (χ1) is 5.35. The number of carbonyl (C=O) groups is 1. The quantitative estimate of drug-likeness (QED) is 0.456. The van der Waals surface area contributed by atoms with E-state index >= 15 is 0 Å². The van der Waals surface area contributed by atoms with Gasteiger partial charge in [0.2, 0.25) is 0 Å². The van der Waals surface area contributed by atoms with E-state index in [1.807, 2.05) is 23.5 Å². The lowest BCUT2D eigenvalue weighted by molar-refractivity contribution is -0.107. The number of thioether (sulfide) groups is 2. The van der Waals surface area contributed by atoms with Crippen molar-refractivity contribution in [3.8, 4) is 0 Å². The van der Waals surface area contributed by atoms with E-state index in [-0.39, 0.29) is 0 Å². The first-order valence-electron chi connectivity index (χ1n) is 4.02. The van der Waals surface area contributed by atoms with Crippen molar-refractivity contribution in [2.45, 2.75) is 31.3 Å². The van der Waals surface area contributed by atoms with Gasteiger partial charge in [0, 0.05) is 6.42 Å². The molecule has 0 unspecified atom stereocenters. The summed E-state index contributed by atoms with van der Waals surface area (Å²) in [5.74, 6) is 2.30. The van der Waals surface area contributed by atoms with Crippen molar-refractivity contribution in [3.63, 3.8) is 0 Å². The molecule has 0 aromatic carbocycles. The van der Waals surface area contributed by atoms with Crippen molar-refractivity contribution in [3.05, 3.63) is 0 Å². The smallest absolute Gasteiger partial charge is 0.120 e. The van der Waals surface area contributed by atoms with Crippen molar-refractivity contribution in [2.24, 2.45) is 0 Å². The monoisotopic (exact) mass is 192 g/mol. The average molecular weight is 192 g/mol. The molecule has 11 heavy (non-hydrogen) atoms. The number of hydrogen-bond donors (Lipinski definition) is 0. The van der Waals surface area contributed by atoms with Gasteiger partial charge in [-0.05, 0) is 17.9 Å². The summed E-state index contributed by atoms with van der Waals surface area (Å²) in [4.78, 5) is 10.1. The van der Waals surface area contributed by atoms with Gasteiger partial charge in [0.05, 0.1) is 4.58 Å². The number of aldehydes is 1. The number of rotatable bonds is 7. The van der Waals surface area contributed by atoms with Gasteiger partial charge in [-0.2, -0.15) is 0 Å². The van der Waals surface area contributed by atoms with Crippen LogP contribution in [0, 0.1) is 0 Å². The molecule has 3 heteroatoms. The van der Waals surface area contributed by atoms with Crippen LogP contribution >= 0.6 is 23.5 Å². The number of hydrogen-bond acceptors (Lipinski definition) is 3. The normalized spacial score (nSPS) is 10.5. The van der Waals surface area contributed by atoms with Gasteiger partial charge in [-0.25, -0.2) is 0 Å². The molecule has 0 aliphatic carbocycles. The Morgan fingerprint density at radius 2 is 1.82 bits per heavy atom. The van der Waals surface area contributed by atoms with Crippen molar-refractivity contribution < 1.29 is 4.79 Å². The summed E-state index contributed by atoms with van der Waals surface area (Å²) < 4.78 is 0.634. The van der Waals surface area contributed by atoms with E-state index in [9.17, 15) is 4.79 Å². The van der Waals surface area contributed by atoms with Gasteiger partial charge in [0.1, 0.15) is 6.29 Å². The molecule has 1 nitrogen and oxygen atoms in total. The molecule has 0 aliphatic rings. The van der Waals surface area contributed by atoms with Gasteiger partial charge >= 0.3 is 0 Å². The molecule has 0 rings (SSSR count). The Kier molecular flexibility index (Phi) is 8.75. The predicted octanol–water partition coefficient (Wildman–Crippen LogP) is 2.80. The highest BCUT2D eigenvalue weighted by molar-refractivity contribution is 8.16. The molecular weight excluding hydrogens is 176 g/mol. The second-order valence-corrected chi connectivity index (χ2v) is 5.34. The van der Waals surface area contributed by atoms with Crippen molar-refractivity contribution in [2.75, 3.05) is 11.5 Å². The fraction of sp³-hybridized carbons (Fsp3) is 0.875. The first kappa shape index (κ1) is 11.4. The van der Waals surface area contributed by atoms with E-state index in [1.165, 1.54) is 0 Å². The summed E-state index contributed by atoms with van der Waals surface area (Å²) in [5, 5.41) is 0. The van der Waals surface area contributed by atoms with Crippen molar-refractivity contribution in [1.82, 2.24) is 0 Å². The van der Waals surface area contributed by atoms with Crippen LogP contribution in [-0.4, -0.2) is 22.4 Å². The molecule has 0 atom stereocenters. The Hall–Kier alpha value is 0.370. The lowest BCUT2D eigenvalue weighted by Crippen LogP contribution is -1.98. The third-order valence-electron chi connectivity index (χ3n) is 1.23. The van der Waals surface area contributed by atoms with Gasteiger partial charge in [0.15, 0.2) is 0 Å². The third-order valence-corrected chi connectivity index (χ3v) is 3.92. The van der Waals surface area contributed by atoms with Crippen LogP contribution in [0.2, 0.25) is 0 Å². The summed E-state index contributed by atoms with van der Waals surface area (Å²) in [6.07, 6.45) is 2.75. The molecular formula is C8H16OS2. The standard InChI is InChI=1S/C8H16OS2/c1-3-10-8(11-4-2)6-5-7-9/h7-8H,3-6H2,1-2H3. The van der Waals surface area contributed by atoms with Crippen LogP contribution in [0.15, 0.2) is 0 Å². The summed E-state index contributed by atoms with van der Waals surface area (Å²) in [5.41, 5.74) is 0. The molecule has 0 heterocycles. The zero-order chi connectivity index (χ0) is 8.53. The topological polar surface area (TPSA) is 17.1 Å². The van der Waals surface area contributed by atoms with Crippen LogP contribution in [-0.2, 0) is 4.79 Å². The Balaban J connectivity index is 3.41. The van der Waals surface area contributed by atoms with Crippen LogP contribution in [0.5, 0.6) is 0 Å². The molecule has 0 aliphatic heterocycles. The van der Waals surface area contributed by atoms with Crippen LogP contribution in [0.4, 0.5) is 0 Å². The molecule has 0 saturated carbocycles. The van der Waals surface area contributed by atoms with E-state index in [4.69, 9.17) is 0 Å². The lowest BCUT2D eigenvalue weighted by atomic mass is 10.4. The lowest BCUT2D eigenvalue weighted by Gasteiger charge is -2.11. The maximum absolute atomic E-state index is 10.1. The highest BCUT2D eigenvalue weighted by Gasteiger charge is 2.05. The average Bonchev–Trinajstić information content (AvgIpc) is 2.01. The Morgan fingerprint density at radius 3 is 2.18 bits per heavy atom. The molecule has 0 aromatic heterocycles. The molecule has 0 spiro atoms. The van der Waals surface area contributed by atoms with E-state index in [0.29, 0.717) is 11.0 Å². The Bertz CT molecular complexity index is 90.1. The Labute approximate surface area is 77.7 Å². The molecule has 0 N–H and O–H groups in total. The predicted molar refractivity (Wildman–Crippen MR) is 55.4 cm³/mol. The van der Waals surface area contributed by atoms with Gasteiger partial charge in [-0.1, -0.05) is 13.8 Å². The van der Waals surface area contributed by atoms with Crippen molar-refractivity contribution >= 4 is 29.8 Å². The molecule has 0 saturated heterocycles. The molecule has 0 amide bonds. The third kappa shape index (κ3) is 6.76. The van der Waals surface area contributed by atoms with E-state index in [0.717, 1.165) is 24.2 Å². The summed E-state index contributed by atoms with van der Waals surface area (Å²) in [6, 6.07) is 0. The van der Waals surface area contributed by atoms with Gasteiger partial charge in [-0.15, -0.1) is 23.5 Å². The summed E-state index contributed by atoms with van der Waals surface area (Å²) in [7, 11) is 0. The zero-order valence-electron chi connectivity index (χ0n) is 7.21. The highest BCUT2D eigenvalue weighted by atomic mass is 32.2. The van der Waals surface area contributed by atoms with Gasteiger partial charge in [0.25, 0.3) is 0 Å². The maximum Gasteiger partial charge on any atom is 0.120 e. The van der Waals surface area contributed by atoms with Crippen LogP contribution in [0.25, 0.3) is 0 Å². The van der Waals surface area contributed by atoms with E-state index < -0.39 is 0 Å². The summed E-state index contributed by atoms with van der Waals surface area (Å²) in [6.45, 7) is 4.32. The minimum absolute atomic E-state index is 0.634. The second-order valence-electron chi connectivity index (χ2n) is 2.08. The van der Waals surface area contributed by atoms with E-state index in [2.05, 4.69) is 13.8 Å². The zero-order valence-corrected chi connectivity index (χ0v) is 8.84. The van der Waals surface area contributed by atoms with Crippen LogP contribution in [0.3, 0.4) is 0 Å². The van der Waals surface area contributed by atoms with Gasteiger partial charge in [-0.3, -0.25) is 0 Å². The molecule has 0 radical (unpaired) electrons. The maximum atomic E-state index is 10.1. The molecule has 66 valence electrons. The largest absolute Gasteiger partial charge is 0.303 e. The first-order valence-corrected chi connectivity index (χ1v) is 6.11. The summed E-state index contributed by atoms with van der Waals surface area (Å²) >= 11 is 3.89. The second kappa shape index (κ2) is 8.47. The van der Waals surface area contributed by atoms with Crippen molar-refractivity contribution in [1.29, 1.82) is 0 Å². The SMILES string of the molecule is CCSC(CCC=O)SCC. The Morgan fingerprint density at radius 1 is 1.27 bits per heavy atom. The van der Waals surface area contributed by atoms with Gasteiger partial charge < -0.3 is 4.79 Å². The van der Waals surface area contributed by atoms with Crippen LogP contribution < -0.4 is 0 Å². The fourth-order valence-corrected chi connectivity index (χ4v) is 3.34. The number of carbonyl (C=O) groups excluding carboxylic acids is 1. The fourth-order valence-electron chi connectivity index (χ4n) is 0.791. The minimum Gasteiger partial charge on any atom is -0.303 e. The molecule has 0 fully saturated rings. The van der Waals surface area contributed by atoms with E-state index in [1.54, 1.807) is 0 Å².